The third-order valence-corrected chi connectivity index (χ3v) is 5.78. The van der Waals surface area contributed by atoms with E-state index >= 15 is 0 Å². The Kier molecular flexibility index (Phi) is 5.16. The van der Waals surface area contributed by atoms with Gasteiger partial charge in [-0.15, -0.1) is 0 Å². The van der Waals surface area contributed by atoms with Crippen LogP contribution in [0.2, 0.25) is 0 Å². The summed E-state index contributed by atoms with van der Waals surface area (Å²) in [5, 5.41) is 3.12. The van der Waals surface area contributed by atoms with Crippen LogP contribution < -0.4 is 16.0 Å². The predicted molar refractivity (Wildman–Crippen MR) is 99.4 cm³/mol. The van der Waals surface area contributed by atoms with Crippen LogP contribution in [0.1, 0.15) is 45.6 Å². The molecule has 2 aliphatic rings. The first-order valence-corrected chi connectivity index (χ1v) is 9.53. The number of nitrogens with two attached hydrogens (primary N) is 1. The smallest absolute Gasteiger partial charge is 0.235 e. The van der Waals surface area contributed by atoms with Crippen molar-refractivity contribution in [2.75, 3.05) is 18.0 Å². The van der Waals surface area contributed by atoms with Crippen LogP contribution in [0.15, 0.2) is 12.5 Å². The van der Waals surface area contributed by atoms with E-state index in [9.17, 15) is 9.59 Å². The van der Waals surface area contributed by atoms with Crippen molar-refractivity contribution < 1.29 is 9.59 Å². The number of anilines is 1. The molecule has 0 spiro atoms. The molecule has 1 aromatic heterocycles. The summed E-state index contributed by atoms with van der Waals surface area (Å²) in [4.78, 5) is 35.2. The lowest BCUT2D eigenvalue weighted by molar-refractivity contribution is -0.136. The quantitative estimate of drug-likeness (QED) is 0.714. The molecular formula is C19H29N5O2. The van der Waals surface area contributed by atoms with Gasteiger partial charge in [0.2, 0.25) is 11.8 Å². The van der Waals surface area contributed by atoms with Crippen molar-refractivity contribution >= 4 is 17.6 Å². The summed E-state index contributed by atoms with van der Waals surface area (Å²) < 4.78 is 0. The van der Waals surface area contributed by atoms with Crippen LogP contribution in [0.5, 0.6) is 0 Å². The molecule has 1 saturated carbocycles. The van der Waals surface area contributed by atoms with Crippen LogP contribution in [-0.2, 0) is 16.0 Å². The van der Waals surface area contributed by atoms with Gasteiger partial charge in [-0.05, 0) is 25.2 Å². The average Bonchev–Trinajstić information content (AvgIpc) is 3.32. The van der Waals surface area contributed by atoms with Crippen molar-refractivity contribution in [1.29, 1.82) is 0 Å². The molecule has 0 unspecified atom stereocenters. The number of nitrogens with zero attached hydrogens (tertiary/aromatic N) is 3. The average molecular weight is 359 g/mol. The van der Waals surface area contributed by atoms with Gasteiger partial charge in [-0.3, -0.25) is 9.59 Å². The normalized spacial score (nSPS) is 23.9. The molecule has 1 aliphatic heterocycles. The van der Waals surface area contributed by atoms with Crippen molar-refractivity contribution in [2.24, 2.45) is 23.0 Å². The lowest BCUT2D eigenvalue weighted by atomic mass is 9.90. The highest BCUT2D eigenvalue weighted by Crippen LogP contribution is 2.46. The number of carbonyl (C=O) groups excluding carboxylic acids is 2. The molecule has 3 rings (SSSR count). The fraction of sp³-hybridized carbons (Fsp3) is 0.684. The minimum Gasteiger partial charge on any atom is -0.369 e. The number of aromatic nitrogens is 2. The van der Waals surface area contributed by atoms with Gasteiger partial charge in [-0.25, -0.2) is 9.97 Å². The minimum atomic E-state index is -0.975. The van der Waals surface area contributed by atoms with Crippen LogP contribution in [0, 0.1) is 17.3 Å². The summed E-state index contributed by atoms with van der Waals surface area (Å²) in [6.07, 6.45) is 6.54. The second-order valence-corrected chi connectivity index (χ2v) is 7.96. The van der Waals surface area contributed by atoms with Gasteiger partial charge >= 0.3 is 0 Å². The number of hydrogen-bond acceptors (Lipinski definition) is 5. The minimum absolute atomic E-state index is 0.0104. The first kappa shape index (κ1) is 18.6. The van der Waals surface area contributed by atoms with E-state index in [2.05, 4.69) is 41.0 Å². The predicted octanol–water partition coefficient (Wildman–Crippen LogP) is 1.27. The van der Waals surface area contributed by atoms with Gasteiger partial charge < -0.3 is 16.0 Å². The van der Waals surface area contributed by atoms with E-state index in [1.807, 2.05) is 6.20 Å². The molecule has 1 aliphatic carbocycles. The molecule has 2 heterocycles. The van der Waals surface area contributed by atoms with Gasteiger partial charge in [-0.1, -0.05) is 27.2 Å². The summed E-state index contributed by atoms with van der Waals surface area (Å²) in [6, 6.07) is -0.0104. The monoisotopic (exact) mass is 359 g/mol. The summed E-state index contributed by atoms with van der Waals surface area (Å²) in [5.41, 5.74) is 5.61. The first-order chi connectivity index (χ1) is 12.4. The standard InChI is InChI=1S/C19H29N5O2/c1-4-5-13-8-21-11-22-16(13)24-9-14(12(2)3)15(10-24)23-18(26)19(6-7-19)17(20)25/h8,11-12,14-15H,4-7,9-10H2,1-3H3,(H2,20,25)(H,23,26)/t14-,15+/m1/s1. The van der Waals surface area contributed by atoms with E-state index in [4.69, 9.17) is 5.73 Å². The lowest BCUT2D eigenvalue weighted by Crippen LogP contribution is -2.48. The summed E-state index contributed by atoms with van der Waals surface area (Å²) in [7, 11) is 0. The second kappa shape index (κ2) is 7.21. The van der Waals surface area contributed by atoms with Gasteiger partial charge in [-0.2, -0.15) is 0 Å². The topological polar surface area (TPSA) is 101 Å². The highest BCUT2D eigenvalue weighted by molar-refractivity contribution is 6.07. The molecule has 1 saturated heterocycles. The zero-order valence-electron chi connectivity index (χ0n) is 15.9. The van der Waals surface area contributed by atoms with E-state index in [0.29, 0.717) is 31.2 Å². The third kappa shape index (κ3) is 3.39. The molecule has 1 aromatic rings. The van der Waals surface area contributed by atoms with Crippen molar-refractivity contribution in [3.05, 3.63) is 18.1 Å². The van der Waals surface area contributed by atoms with Gasteiger partial charge in [0.05, 0.1) is 6.04 Å². The Labute approximate surface area is 154 Å². The molecule has 142 valence electrons. The Morgan fingerprint density at radius 3 is 2.69 bits per heavy atom. The maximum absolute atomic E-state index is 12.6. The van der Waals surface area contributed by atoms with E-state index < -0.39 is 11.3 Å². The summed E-state index contributed by atoms with van der Waals surface area (Å²) >= 11 is 0. The van der Waals surface area contributed by atoms with Gasteiger partial charge in [0, 0.05) is 30.8 Å². The number of rotatable bonds is 7. The highest BCUT2D eigenvalue weighted by atomic mass is 16.2. The Balaban J connectivity index is 1.77. The Bertz CT molecular complexity index is 686. The fourth-order valence-corrected chi connectivity index (χ4v) is 3.93. The van der Waals surface area contributed by atoms with Crippen LogP contribution in [0.4, 0.5) is 5.82 Å². The van der Waals surface area contributed by atoms with E-state index in [1.165, 1.54) is 0 Å². The second-order valence-electron chi connectivity index (χ2n) is 7.96. The van der Waals surface area contributed by atoms with Crippen molar-refractivity contribution in [3.63, 3.8) is 0 Å². The molecule has 0 aromatic carbocycles. The molecule has 0 radical (unpaired) electrons. The summed E-state index contributed by atoms with van der Waals surface area (Å²) in [6.45, 7) is 8.00. The molecule has 26 heavy (non-hydrogen) atoms. The number of primary amides is 1. The zero-order valence-corrected chi connectivity index (χ0v) is 15.9. The van der Waals surface area contributed by atoms with Crippen LogP contribution in [0.25, 0.3) is 0 Å². The van der Waals surface area contributed by atoms with Crippen molar-refractivity contribution in [2.45, 2.75) is 52.5 Å². The zero-order chi connectivity index (χ0) is 18.9. The van der Waals surface area contributed by atoms with Gasteiger partial charge in [0.1, 0.15) is 17.6 Å². The molecule has 7 nitrogen and oxygen atoms in total. The van der Waals surface area contributed by atoms with Crippen molar-refractivity contribution in [1.82, 2.24) is 15.3 Å². The summed E-state index contributed by atoms with van der Waals surface area (Å²) in [5.74, 6) is 0.948. The fourth-order valence-electron chi connectivity index (χ4n) is 3.93. The van der Waals surface area contributed by atoms with Gasteiger partial charge in [0.15, 0.2) is 0 Å². The van der Waals surface area contributed by atoms with Crippen LogP contribution in [0.3, 0.4) is 0 Å². The Morgan fingerprint density at radius 2 is 2.12 bits per heavy atom. The maximum atomic E-state index is 12.6. The SMILES string of the molecule is CCCc1cncnc1N1C[C@H](NC(=O)C2(C(N)=O)CC2)[C@@H](C(C)C)C1. The Hall–Kier alpha value is -2.18. The molecule has 2 atom stereocenters. The van der Waals surface area contributed by atoms with E-state index in [-0.39, 0.29) is 11.9 Å². The van der Waals surface area contributed by atoms with E-state index in [1.54, 1.807) is 6.33 Å². The number of hydrogen-bond donors (Lipinski definition) is 2. The maximum Gasteiger partial charge on any atom is 0.235 e. The number of nitrogens with one attached hydrogen (secondary N) is 1. The molecule has 2 amide bonds. The molecule has 2 fully saturated rings. The number of amides is 2. The number of aryl methyl sites for hydroxylation is 1. The molecular weight excluding hydrogens is 330 g/mol. The first-order valence-electron chi connectivity index (χ1n) is 9.53. The largest absolute Gasteiger partial charge is 0.369 e. The molecule has 7 heteroatoms. The molecule has 3 N–H and O–H groups in total. The van der Waals surface area contributed by atoms with Gasteiger partial charge in [0.25, 0.3) is 0 Å². The third-order valence-electron chi connectivity index (χ3n) is 5.78. The lowest BCUT2D eigenvalue weighted by Gasteiger charge is -2.24. The molecule has 0 bridgehead atoms. The number of carbonyl (C=O) groups is 2. The Morgan fingerprint density at radius 1 is 1.38 bits per heavy atom. The van der Waals surface area contributed by atoms with Crippen LogP contribution >= 0.6 is 0 Å². The van der Waals surface area contributed by atoms with Crippen LogP contribution in [-0.4, -0.2) is 40.9 Å². The van der Waals surface area contributed by atoms with Crippen molar-refractivity contribution in [3.8, 4) is 0 Å². The highest BCUT2D eigenvalue weighted by Gasteiger charge is 2.56. The van der Waals surface area contributed by atoms with E-state index in [0.717, 1.165) is 30.8 Å².